The molecule has 1 aromatic carbocycles. The molecule has 1 heterocycles. The van der Waals surface area contributed by atoms with Crippen LogP contribution >= 0.6 is 27.7 Å². The highest BCUT2D eigenvalue weighted by molar-refractivity contribution is 9.10. The summed E-state index contributed by atoms with van der Waals surface area (Å²) in [6.45, 7) is 1.13. The summed E-state index contributed by atoms with van der Waals surface area (Å²) in [7, 11) is 0. The maximum atomic E-state index is 9.83. The van der Waals surface area contributed by atoms with Gasteiger partial charge in [0.2, 0.25) is 0 Å². The third kappa shape index (κ3) is 3.46. The van der Waals surface area contributed by atoms with E-state index in [4.69, 9.17) is 9.47 Å². The second-order valence-electron chi connectivity index (χ2n) is 3.54. The SMILES string of the molecule is OC1COCOCC1Sc1ccc(Br)cc1. The van der Waals surface area contributed by atoms with Crippen LogP contribution in [-0.4, -0.2) is 36.5 Å². The van der Waals surface area contributed by atoms with E-state index in [1.165, 1.54) is 0 Å². The van der Waals surface area contributed by atoms with E-state index in [0.717, 1.165) is 9.37 Å². The Morgan fingerprint density at radius 3 is 2.62 bits per heavy atom. The lowest BCUT2D eigenvalue weighted by atomic mass is 10.3. The number of hydrogen-bond acceptors (Lipinski definition) is 4. The molecule has 0 amide bonds. The molecule has 5 heteroatoms. The van der Waals surface area contributed by atoms with Gasteiger partial charge in [-0.05, 0) is 24.3 Å². The van der Waals surface area contributed by atoms with Crippen molar-refractivity contribution in [2.75, 3.05) is 20.0 Å². The molecule has 3 nitrogen and oxygen atoms in total. The van der Waals surface area contributed by atoms with Crippen LogP contribution in [-0.2, 0) is 9.47 Å². The van der Waals surface area contributed by atoms with Gasteiger partial charge < -0.3 is 14.6 Å². The second-order valence-corrected chi connectivity index (χ2v) is 5.77. The summed E-state index contributed by atoms with van der Waals surface area (Å²) in [5, 5.41) is 9.86. The summed E-state index contributed by atoms with van der Waals surface area (Å²) in [6.07, 6.45) is -0.476. The van der Waals surface area contributed by atoms with Gasteiger partial charge in [0.05, 0.1) is 24.6 Å². The first-order valence-electron chi connectivity index (χ1n) is 5.01. The van der Waals surface area contributed by atoms with Gasteiger partial charge in [-0.15, -0.1) is 11.8 Å². The molecule has 2 rings (SSSR count). The van der Waals surface area contributed by atoms with Gasteiger partial charge in [-0.3, -0.25) is 0 Å². The van der Waals surface area contributed by atoms with Gasteiger partial charge in [0.25, 0.3) is 0 Å². The molecule has 88 valence electrons. The maximum absolute atomic E-state index is 9.83. The highest BCUT2D eigenvalue weighted by Crippen LogP contribution is 2.28. The van der Waals surface area contributed by atoms with E-state index < -0.39 is 6.10 Å². The second kappa shape index (κ2) is 6.02. The van der Waals surface area contributed by atoms with E-state index in [1.807, 2.05) is 24.3 Å². The van der Waals surface area contributed by atoms with Crippen molar-refractivity contribution in [3.8, 4) is 0 Å². The van der Waals surface area contributed by atoms with Gasteiger partial charge in [-0.1, -0.05) is 15.9 Å². The topological polar surface area (TPSA) is 38.7 Å². The van der Waals surface area contributed by atoms with E-state index >= 15 is 0 Å². The highest BCUT2D eigenvalue weighted by atomic mass is 79.9. The van der Waals surface area contributed by atoms with Crippen molar-refractivity contribution in [1.29, 1.82) is 0 Å². The Morgan fingerprint density at radius 2 is 1.88 bits per heavy atom. The fourth-order valence-electron chi connectivity index (χ4n) is 1.41. The summed E-state index contributed by atoms with van der Waals surface area (Å²) in [5.74, 6) is 0. The molecule has 2 unspecified atom stereocenters. The number of hydrogen-bond donors (Lipinski definition) is 1. The molecule has 2 atom stereocenters. The molecule has 0 aromatic heterocycles. The van der Waals surface area contributed by atoms with Gasteiger partial charge in [-0.2, -0.15) is 0 Å². The van der Waals surface area contributed by atoms with Crippen molar-refractivity contribution in [2.45, 2.75) is 16.2 Å². The molecule has 1 saturated heterocycles. The van der Waals surface area contributed by atoms with Crippen molar-refractivity contribution < 1.29 is 14.6 Å². The van der Waals surface area contributed by atoms with Crippen LogP contribution in [0.3, 0.4) is 0 Å². The van der Waals surface area contributed by atoms with Crippen molar-refractivity contribution in [1.82, 2.24) is 0 Å². The van der Waals surface area contributed by atoms with Crippen LogP contribution in [0.2, 0.25) is 0 Å². The molecule has 0 saturated carbocycles. The minimum absolute atomic E-state index is 0.0312. The lowest BCUT2D eigenvalue weighted by Gasteiger charge is -2.17. The zero-order valence-corrected chi connectivity index (χ0v) is 11.0. The number of thioether (sulfide) groups is 1. The average molecular weight is 305 g/mol. The Bertz CT molecular complexity index is 331. The average Bonchev–Trinajstić information content (AvgIpc) is 2.48. The third-order valence-electron chi connectivity index (χ3n) is 2.27. The van der Waals surface area contributed by atoms with Gasteiger partial charge >= 0.3 is 0 Å². The standard InChI is InChI=1S/C11H13BrO3S/c12-8-1-3-9(4-2-8)16-11-6-15-7-14-5-10(11)13/h1-4,10-11,13H,5-7H2. The van der Waals surface area contributed by atoms with E-state index in [1.54, 1.807) is 11.8 Å². The summed E-state index contributed by atoms with van der Waals surface area (Å²) in [4.78, 5) is 1.12. The third-order valence-corrected chi connectivity index (χ3v) is 4.09. The first kappa shape index (κ1) is 12.4. The molecule has 16 heavy (non-hydrogen) atoms. The van der Waals surface area contributed by atoms with Crippen LogP contribution in [0.25, 0.3) is 0 Å². The molecule has 1 aromatic rings. The van der Waals surface area contributed by atoms with Crippen molar-refractivity contribution in [3.63, 3.8) is 0 Å². The van der Waals surface area contributed by atoms with Crippen molar-refractivity contribution in [3.05, 3.63) is 28.7 Å². The molecule has 1 N–H and O–H groups in total. The van der Waals surface area contributed by atoms with Crippen LogP contribution in [0.1, 0.15) is 0 Å². The van der Waals surface area contributed by atoms with Gasteiger partial charge in [0, 0.05) is 9.37 Å². The number of aliphatic hydroxyl groups is 1. The number of ether oxygens (including phenoxy) is 2. The fraction of sp³-hybridized carbons (Fsp3) is 0.455. The van der Waals surface area contributed by atoms with Crippen LogP contribution < -0.4 is 0 Å². The Morgan fingerprint density at radius 1 is 1.19 bits per heavy atom. The minimum atomic E-state index is -0.476. The predicted octanol–water partition coefficient (Wildman–Crippen LogP) is 2.28. The monoisotopic (exact) mass is 304 g/mol. The molecule has 1 aliphatic rings. The first-order valence-corrected chi connectivity index (χ1v) is 6.69. The molecule has 0 aliphatic carbocycles. The molecular formula is C11H13BrO3S. The number of aliphatic hydroxyl groups excluding tert-OH is 1. The lowest BCUT2D eigenvalue weighted by molar-refractivity contribution is -0.0420. The summed E-state index contributed by atoms with van der Waals surface area (Å²) in [6, 6.07) is 8.02. The van der Waals surface area contributed by atoms with E-state index in [2.05, 4.69) is 15.9 Å². The molecule has 1 fully saturated rings. The van der Waals surface area contributed by atoms with Crippen LogP contribution in [0.4, 0.5) is 0 Å². The molecule has 1 aliphatic heterocycles. The van der Waals surface area contributed by atoms with Gasteiger partial charge in [0.15, 0.2) is 0 Å². The number of benzene rings is 1. The quantitative estimate of drug-likeness (QED) is 0.910. The zero-order chi connectivity index (χ0) is 11.4. The highest BCUT2D eigenvalue weighted by Gasteiger charge is 2.23. The number of halogens is 1. The summed E-state index contributed by atoms with van der Waals surface area (Å²) < 4.78 is 11.4. The van der Waals surface area contributed by atoms with Crippen LogP contribution in [0.5, 0.6) is 0 Å². The Labute approximate surface area is 107 Å². The zero-order valence-electron chi connectivity index (χ0n) is 8.64. The minimum Gasteiger partial charge on any atom is -0.389 e. The normalized spacial score (nSPS) is 26.4. The molecule has 0 bridgehead atoms. The Hall–Kier alpha value is -0.0700. The Balaban J connectivity index is 1.99. The van der Waals surface area contributed by atoms with E-state index in [0.29, 0.717) is 13.2 Å². The van der Waals surface area contributed by atoms with Crippen molar-refractivity contribution in [2.24, 2.45) is 0 Å². The largest absolute Gasteiger partial charge is 0.389 e. The summed E-state index contributed by atoms with van der Waals surface area (Å²) in [5.41, 5.74) is 0. The molecule has 0 spiro atoms. The first-order chi connectivity index (χ1) is 7.75. The summed E-state index contributed by atoms with van der Waals surface area (Å²) >= 11 is 5.01. The van der Waals surface area contributed by atoms with Gasteiger partial charge in [-0.25, -0.2) is 0 Å². The maximum Gasteiger partial charge on any atom is 0.146 e. The molecular weight excluding hydrogens is 292 g/mol. The molecule has 0 radical (unpaired) electrons. The smallest absolute Gasteiger partial charge is 0.146 e. The Kier molecular flexibility index (Phi) is 4.66. The van der Waals surface area contributed by atoms with E-state index in [-0.39, 0.29) is 12.0 Å². The number of rotatable bonds is 2. The van der Waals surface area contributed by atoms with E-state index in [9.17, 15) is 5.11 Å². The van der Waals surface area contributed by atoms with Crippen molar-refractivity contribution >= 4 is 27.7 Å². The fourth-order valence-corrected chi connectivity index (χ4v) is 2.72. The van der Waals surface area contributed by atoms with Crippen LogP contribution in [0, 0.1) is 0 Å². The van der Waals surface area contributed by atoms with Gasteiger partial charge in [0.1, 0.15) is 6.79 Å². The lowest BCUT2D eigenvalue weighted by Crippen LogP contribution is -2.28. The predicted molar refractivity (Wildman–Crippen MR) is 66.6 cm³/mol. The van der Waals surface area contributed by atoms with Crippen LogP contribution in [0.15, 0.2) is 33.6 Å².